The van der Waals surface area contributed by atoms with Crippen LogP contribution in [0.15, 0.2) is 0 Å². The molecule has 20 heavy (non-hydrogen) atoms. The number of carbonyl (C=O) groups excluding carboxylic acids is 1. The maximum atomic E-state index is 12.8. The molecule has 0 bridgehead atoms. The van der Waals surface area contributed by atoms with Crippen LogP contribution in [0.4, 0.5) is 0 Å². The van der Waals surface area contributed by atoms with Crippen molar-refractivity contribution in [2.24, 2.45) is 22.2 Å². The Bertz CT molecular complexity index is 308. The Kier molecular flexibility index (Phi) is 7.42. The summed E-state index contributed by atoms with van der Waals surface area (Å²) in [5.74, 6) is 0.374. The molecule has 0 aliphatic heterocycles. The van der Waals surface area contributed by atoms with E-state index in [1.165, 1.54) is 19.3 Å². The molecule has 1 saturated carbocycles. The van der Waals surface area contributed by atoms with Crippen molar-refractivity contribution >= 4 is 15.4 Å². The van der Waals surface area contributed by atoms with Crippen LogP contribution in [0.2, 0.25) is 0 Å². The molecule has 1 unspecified atom stereocenters. The molecule has 1 aliphatic rings. The summed E-state index contributed by atoms with van der Waals surface area (Å²) in [5, 5.41) is 0. The second-order valence-electron chi connectivity index (χ2n) is 8.05. The molecule has 1 aliphatic carbocycles. The summed E-state index contributed by atoms with van der Waals surface area (Å²) >= 11 is 0. The van der Waals surface area contributed by atoms with E-state index in [1.807, 2.05) is 0 Å². The van der Waals surface area contributed by atoms with Gasteiger partial charge in [-0.3, -0.25) is 4.79 Å². The number of rotatable bonds is 2. The van der Waals surface area contributed by atoms with Crippen LogP contribution in [0.3, 0.4) is 0 Å². The monoisotopic (exact) mass is 392 g/mol. The van der Waals surface area contributed by atoms with Crippen LogP contribution in [-0.2, 0) is 29.7 Å². The van der Waals surface area contributed by atoms with E-state index < -0.39 is 5.41 Å². The fraction of sp³-hybridized carbons (Fsp3) is 0.938. The second-order valence-corrected chi connectivity index (χ2v) is 8.28. The van der Waals surface area contributed by atoms with E-state index in [0.717, 1.165) is 12.8 Å². The molecule has 0 spiro atoms. The van der Waals surface area contributed by atoms with Gasteiger partial charge in [0.15, 0.2) is 0 Å². The third kappa shape index (κ3) is 3.48. The van der Waals surface area contributed by atoms with E-state index >= 15 is 0 Å². The van der Waals surface area contributed by atoms with Crippen molar-refractivity contribution < 1.29 is 29.7 Å². The summed E-state index contributed by atoms with van der Waals surface area (Å²) < 4.78 is 5.20. The van der Waals surface area contributed by atoms with Gasteiger partial charge in [-0.15, -0.1) is 0 Å². The molecule has 0 aromatic heterocycles. The van der Waals surface area contributed by atoms with Crippen LogP contribution in [0.5, 0.6) is 0 Å². The predicted octanol–water partition coefficient (Wildman–Crippen LogP) is 4.98. The Morgan fingerprint density at radius 3 is 1.65 bits per heavy atom. The van der Waals surface area contributed by atoms with Crippen molar-refractivity contribution in [2.45, 2.75) is 73.6 Å². The fourth-order valence-electron chi connectivity index (χ4n) is 4.76. The molecule has 1 rings (SSSR count). The van der Waals surface area contributed by atoms with Crippen LogP contribution in [0.1, 0.15) is 73.6 Å². The summed E-state index contributed by atoms with van der Waals surface area (Å²) in [5.41, 5.74) is -0.649. The van der Waals surface area contributed by atoms with Gasteiger partial charge in [0.25, 0.3) is 0 Å². The van der Waals surface area contributed by atoms with Crippen LogP contribution < -0.4 is 0 Å². The SMILES string of the molecule is CC(C)(C)C(C(=O)OP)(C1CCCCC1)C(C)(C)C.[Pd]. The van der Waals surface area contributed by atoms with Crippen molar-refractivity contribution in [3.63, 3.8) is 0 Å². The summed E-state index contributed by atoms with van der Waals surface area (Å²) in [6.07, 6.45) is 6.07. The van der Waals surface area contributed by atoms with Crippen molar-refractivity contribution in [3.8, 4) is 0 Å². The largest absolute Gasteiger partial charge is 0.451 e. The molecule has 2 nitrogen and oxygen atoms in total. The third-order valence-electron chi connectivity index (χ3n) is 5.01. The molecule has 1 atom stereocenters. The van der Waals surface area contributed by atoms with Gasteiger partial charge in [-0.05, 0) is 29.6 Å². The first-order valence-corrected chi connectivity index (χ1v) is 7.97. The molecular formula is C16H31O2PPd. The maximum absolute atomic E-state index is 12.8. The number of carbonyl (C=O) groups is 1. The Hall–Kier alpha value is 0.562. The van der Waals surface area contributed by atoms with Crippen LogP contribution >= 0.6 is 9.47 Å². The van der Waals surface area contributed by atoms with Gasteiger partial charge in [0.05, 0.1) is 14.9 Å². The van der Waals surface area contributed by atoms with E-state index in [1.54, 1.807) is 0 Å². The Morgan fingerprint density at radius 2 is 1.35 bits per heavy atom. The summed E-state index contributed by atoms with van der Waals surface area (Å²) in [6, 6.07) is 0. The van der Waals surface area contributed by atoms with E-state index in [2.05, 4.69) is 51.0 Å². The van der Waals surface area contributed by atoms with Crippen molar-refractivity contribution in [1.29, 1.82) is 0 Å². The second kappa shape index (κ2) is 7.22. The average Bonchev–Trinajstić information content (AvgIpc) is 2.27. The van der Waals surface area contributed by atoms with Gasteiger partial charge in [-0.1, -0.05) is 60.8 Å². The zero-order chi connectivity index (χ0) is 14.9. The van der Waals surface area contributed by atoms with E-state index in [0.29, 0.717) is 5.92 Å². The van der Waals surface area contributed by atoms with Crippen LogP contribution in [0, 0.1) is 22.2 Å². The number of hydrogen-bond donors (Lipinski definition) is 0. The van der Waals surface area contributed by atoms with Crippen molar-refractivity contribution in [2.75, 3.05) is 0 Å². The first-order valence-electron chi connectivity index (χ1n) is 7.50. The molecule has 0 aromatic rings. The minimum Gasteiger partial charge on any atom is -0.451 e. The Balaban J connectivity index is 0.00000361. The molecule has 0 N–H and O–H groups in total. The predicted molar refractivity (Wildman–Crippen MR) is 83.7 cm³/mol. The topological polar surface area (TPSA) is 26.3 Å². The molecule has 0 saturated heterocycles. The van der Waals surface area contributed by atoms with Crippen LogP contribution in [-0.4, -0.2) is 5.97 Å². The van der Waals surface area contributed by atoms with Crippen molar-refractivity contribution in [3.05, 3.63) is 0 Å². The minimum absolute atomic E-state index is 0. The zero-order valence-corrected chi connectivity index (χ0v) is 16.5. The van der Waals surface area contributed by atoms with Crippen molar-refractivity contribution in [1.82, 2.24) is 0 Å². The molecule has 0 radical (unpaired) electrons. The van der Waals surface area contributed by atoms with Gasteiger partial charge in [0, 0.05) is 20.4 Å². The van der Waals surface area contributed by atoms with Gasteiger partial charge < -0.3 is 4.52 Å². The molecule has 122 valence electrons. The van der Waals surface area contributed by atoms with Gasteiger partial charge in [0.1, 0.15) is 0 Å². The fourth-order valence-corrected chi connectivity index (χ4v) is 4.94. The molecule has 0 amide bonds. The zero-order valence-electron chi connectivity index (χ0n) is 13.8. The standard InChI is InChI=1S/C16H31O2P.Pd/c1-14(2,3)16(13(17)18-19,15(4,5)6)12-10-8-7-9-11-12;/h12H,7-11,19H2,1-6H3;. The summed E-state index contributed by atoms with van der Waals surface area (Å²) in [4.78, 5) is 12.8. The average molecular weight is 393 g/mol. The van der Waals surface area contributed by atoms with Crippen LogP contribution in [0.25, 0.3) is 0 Å². The first kappa shape index (κ1) is 20.6. The van der Waals surface area contributed by atoms with Gasteiger partial charge in [-0.2, -0.15) is 0 Å². The van der Waals surface area contributed by atoms with E-state index in [4.69, 9.17) is 4.52 Å². The molecule has 0 heterocycles. The van der Waals surface area contributed by atoms with Gasteiger partial charge >= 0.3 is 5.97 Å². The Labute approximate surface area is 141 Å². The Morgan fingerprint density at radius 1 is 0.950 bits per heavy atom. The molecule has 0 aromatic carbocycles. The molecular weight excluding hydrogens is 362 g/mol. The van der Waals surface area contributed by atoms with Gasteiger partial charge in [-0.25, -0.2) is 0 Å². The first-order chi connectivity index (χ1) is 8.59. The summed E-state index contributed by atoms with van der Waals surface area (Å²) in [6.45, 7) is 13.1. The summed E-state index contributed by atoms with van der Waals surface area (Å²) in [7, 11) is 2.17. The quantitative estimate of drug-likeness (QED) is 0.489. The normalized spacial score (nSPS) is 18.4. The maximum Gasteiger partial charge on any atom is 0.315 e. The van der Waals surface area contributed by atoms with Gasteiger partial charge in [0.2, 0.25) is 0 Å². The third-order valence-corrected chi connectivity index (χ3v) is 5.23. The number of hydrogen-bond acceptors (Lipinski definition) is 2. The molecule has 1 fully saturated rings. The molecule has 4 heteroatoms. The van der Waals surface area contributed by atoms with E-state index in [-0.39, 0.29) is 37.2 Å². The minimum atomic E-state index is -0.428. The smallest absolute Gasteiger partial charge is 0.315 e. The van der Waals surface area contributed by atoms with E-state index in [9.17, 15) is 4.79 Å².